The zero-order chi connectivity index (χ0) is 18.5. The molecule has 1 aromatic rings. The molecule has 5 nitrogen and oxygen atoms in total. The Bertz CT molecular complexity index is 542. The molecule has 1 aromatic carbocycles. The molecule has 0 aromatic heterocycles. The van der Waals surface area contributed by atoms with Gasteiger partial charge in [0, 0.05) is 59.5 Å². The second-order valence-corrected chi connectivity index (χ2v) is 6.48. The maximum atomic E-state index is 5.38. The minimum atomic E-state index is 0. The van der Waals surface area contributed by atoms with Gasteiger partial charge in [-0.2, -0.15) is 0 Å². The molecule has 6 heteroatoms. The Morgan fingerprint density at radius 1 is 1.15 bits per heavy atom. The summed E-state index contributed by atoms with van der Waals surface area (Å²) in [6.07, 6.45) is 6.67. The van der Waals surface area contributed by atoms with Gasteiger partial charge in [-0.15, -0.1) is 24.0 Å². The molecule has 1 N–H and O–H groups in total. The highest BCUT2D eigenvalue weighted by Crippen LogP contribution is 2.05. The van der Waals surface area contributed by atoms with E-state index in [1.54, 1.807) is 0 Å². The molecular formula is C21H35IN4O. The van der Waals surface area contributed by atoms with Crippen LogP contribution in [-0.4, -0.2) is 75.3 Å². The van der Waals surface area contributed by atoms with Gasteiger partial charge >= 0.3 is 0 Å². The van der Waals surface area contributed by atoms with Gasteiger partial charge in [-0.1, -0.05) is 42.5 Å². The van der Waals surface area contributed by atoms with E-state index in [1.807, 2.05) is 14.0 Å². The molecule has 1 aliphatic rings. The van der Waals surface area contributed by atoms with Crippen molar-refractivity contribution in [2.75, 3.05) is 59.5 Å². The van der Waals surface area contributed by atoms with Crippen LogP contribution in [0.15, 0.2) is 41.4 Å². The Balaban J connectivity index is 0.00000364. The van der Waals surface area contributed by atoms with Crippen molar-refractivity contribution in [1.29, 1.82) is 0 Å². The van der Waals surface area contributed by atoms with Crippen LogP contribution in [0.5, 0.6) is 0 Å². The van der Waals surface area contributed by atoms with Crippen molar-refractivity contribution in [3.63, 3.8) is 0 Å². The van der Waals surface area contributed by atoms with E-state index in [-0.39, 0.29) is 24.0 Å². The highest BCUT2D eigenvalue weighted by atomic mass is 127. The predicted molar refractivity (Wildman–Crippen MR) is 126 cm³/mol. The molecule has 1 saturated heterocycles. The smallest absolute Gasteiger partial charge is 0.193 e. The molecule has 0 aliphatic carbocycles. The monoisotopic (exact) mass is 486 g/mol. The van der Waals surface area contributed by atoms with Gasteiger partial charge in [-0.05, 0) is 25.3 Å². The van der Waals surface area contributed by atoms with Crippen LogP contribution in [0, 0.1) is 0 Å². The summed E-state index contributed by atoms with van der Waals surface area (Å²) in [5, 5.41) is 3.48. The quantitative estimate of drug-likeness (QED) is 0.252. The van der Waals surface area contributed by atoms with Crippen molar-refractivity contribution in [3.05, 3.63) is 42.0 Å². The van der Waals surface area contributed by atoms with Crippen LogP contribution < -0.4 is 5.32 Å². The second-order valence-electron chi connectivity index (χ2n) is 6.48. The largest absolute Gasteiger partial charge is 0.382 e. The summed E-state index contributed by atoms with van der Waals surface area (Å²) in [6.45, 7) is 9.86. The summed E-state index contributed by atoms with van der Waals surface area (Å²) in [5.41, 5.74) is 1.26. The van der Waals surface area contributed by atoms with E-state index in [4.69, 9.17) is 4.74 Å². The third kappa shape index (κ3) is 9.58. The standard InChI is InChI=1S/C21H34N4O.HI/c1-3-26-19-8-7-13-23-21(22-2)25-17-15-24(16-18-25)14-9-12-20-10-5-4-6-11-20;/h4-6,9-12H,3,7-8,13-19H2,1-2H3,(H,22,23);1H/b12-9+;. The Hall–Kier alpha value is -1.12. The van der Waals surface area contributed by atoms with Crippen molar-refractivity contribution in [1.82, 2.24) is 15.1 Å². The molecule has 0 saturated carbocycles. The molecule has 1 fully saturated rings. The summed E-state index contributed by atoms with van der Waals surface area (Å²) in [5.74, 6) is 1.03. The third-order valence-electron chi connectivity index (χ3n) is 4.56. The number of aliphatic imine (C=N–C) groups is 1. The molecule has 1 heterocycles. The van der Waals surface area contributed by atoms with Crippen molar-refractivity contribution in [2.45, 2.75) is 19.8 Å². The number of nitrogens with zero attached hydrogens (tertiary/aromatic N) is 3. The lowest BCUT2D eigenvalue weighted by molar-refractivity contribution is 0.143. The molecule has 0 atom stereocenters. The first-order chi connectivity index (χ1) is 12.8. The topological polar surface area (TPSA) is 40.1 Å². The van der Waals surface area contributed by atoms with Gasteiger partial charge in [0.15, 0.2) is 5.96 Å². The van der Waals surface area contributed by atoms with Crippen molar-refractivity contribution >= 4 is 36.0 Å². The number of nitrogens with one attached hydrogen (secondary N) is 1. The number of hydrogen-bond donors (Lipinski definition) is 1. The number of hydrogen-bond acceptors (Lipinski definition) is 3. The van der Waals surface area contributed by atoms with Crippen molar-refractivity contribution in [2.24, 2.45) is 4.99 Å². The van der Waals surface area contributed by atoms with Gasteiger partial charge < -0.3 is 15.0 Å². The van der Waals surface area contributed by atoms with E-state index < -0.39 is 0 Å². The first-order valence-corrected chi connectivity index (χ1v) is 9.80. The SMILES string of the molecule is CCOCCCCNC(=NC)N1CCN(C/C=C/c2ccccc2)CC1.I. The van der Waals surface area contributed by atoms with E-state index in [9.17, 15) is 0 Å². The molecule has 1 aliphatic heterocycles. The lowest BCUT2D eigenvalue weighted by Crippen LogP contribution is -2.52. The Kier molecular flexibility index (Phi) is 13.2. The minimum Gasteiger partial charge on any atom is -0.382 e. The summed E-state index contributed by atoms with van der Waals surface area (Å²) in [7, 11) is 1.87. The van der Waals surface area contributed by atoms with Crippen LogP contribution in [0.1, 0.15) is 25.3 Å². The van der Waals surface area contributed by atoms with Crippen LogP contribution in [-0.2, 0) is 4.74 Å². The van der Waals surface area contributed by atoms with Crippen LogP contribution in [0.25, 0.3) is 6.08 Å². The Labute approximate surface area is 181 Å². The van der Waals surface area contributed by atoms with Crippen LogP contribution >= 0.6 is 24.0 Å². The molecule has 152 valence electrons. The van der Waals surface area contributed by atoms with Crippen LogP contribution in [0.4, 0.5) is 0 Å². The highest BCUT2D eigenvalue weighted by Gasteiger charge is 2.18. The fraction of sp³-hybridized carbons (Fsp3) is 0.571. The average Bonchev–Trinajstić information content (AvgIpc) is 2.69. The zero-order valence-corrected chi connectivity index (χ0v) is 19.1. The summed E-state index contributed by atoms with van der Waals surface area (Å²) in [6, 6.07) is 10.5. The minimum absolute atomic E-state index is 0. The van der Waals surface area contributed by atoms with E-state index in [1.165, 1.54) is 5.56 Å². The van der Waals surface area contributed by atoms with Crippen LogP contribution in [0.3, 0.4) is 0 Å². The summed E-state index contributed by atoms with van der Waals surface area (Å²) < 4.78 is 5.38. The highest BCUT2D eigenvalue weighted by molar-refractivity contribution is 14.0. The Morgan fingerprint density at radius 3 is 2.56 bits per heavy atom. The van der Waals surface area contributed by atoms with Gasteiger partial charge in [0.2, 0.25) is 0 Å². The Morgan fingerprint density at radius 2 is 1.89 bits per heavy atom. The molecule has 0 amide bonds. The van der Waals surface area contributed by atoms with E-state index in [0.29, 0.717) is 0 Å². The van der Waals surface area contributed by atoms with Gasteiger partial charge in [0.25, 0.3) is 0 Å². The maximum Gasteiger partial charge on any atom is 0.193 e. The lowest BCUT2D eigenvalue weighted by Gasteiger charge is -2.36. The normalized spacial score (nSPS) is 15.8. The molecule has 2 rings (SSSR count). The number of guanidine groups is 1. The third-order valence-corrected chi connectivity index (χ3v) is 4.56. The number of rotatable bonds is 9. The molecular weight excluding hydrogens is 451 g/mol. The lowest BCUT2D eigenvalue weighted by atomic mass is 10.2. The molecule has 0 unspecified atom stereocenters. The van der Waals surface area contributed by atoms with Gasteiger partial charge in [0.1, 0.15) is 0 Å². The molecule has 0 spiro atoms. The molecule has 0 radical (unpaired) electrons. The maximum absolute atomic E-state index is 5.38. The summed E-state index contributed by atoms with van der Waals surface area (Å²) >= 11 is 0. The number of benzene rings is 1. The summed E-state index contributed by atoms with van der Waals surface area (Å²) in [4.78, 5) is 9.29. The average molecular weight is 486 g/mol. The van der Waals surface area contributed by atoms with E-state index in [0.717, 1.165) is 71.3 Å². The predicted octanol–water partition coefficient (Wildman–Crippen LogP) is 3.33. The van der Waals surface area contributed by atoms with Crippen molar-refractivity contribution < 1.29 is 4.74 Å². The fourth-order valence-corrected chi connectivity index (χ4v) is 3.05. The number of halogens is 1. The van der Waals surface area contributed by atoms with Crippen molar-refractivity contribution in [3.8, 4) is 0 Å². The number of piperazine rings is 1. The number of unbranched alkanes of at least 4 members (excludes halogenated alkanes) is 1. The zero-order valence-electron chi connectivity index (χ0n) is 16.8. The van der Waals surface area contributed by atoms with Gasteiger partial charge in [0.05, 0.1) is 0 Å². The molecule has 0 bridgehead atoms. The second kappa shape index (κ2) is 14.9. The van der Waals surface area contributed by atoms with E-state index >= 15 is 0 Å². The number of ether oxygens (including phenoxy) is 1. The van der Waals surface area contributed by atoms with E-state index in [2.05, 4.69) is 62.6 Å². The first kappa shape index (κ1) is 23.9. The first-order valence-electron chi connectivity index (χ1n) is 9.80. The van der Waals surface area contributed by atoms with Gasteiger partial charge in [-0.25, -0.2) is 0 Å². The fourth-order valence-electron chi connectivity index (χ4n) is 3.05. The van der Waals surface area contributed by atoms with Crippen LogP contribution in [0.2, 0.25) is 0 Å². The molecule has 27 heavy (non-hydrogen) atoms. The van der Waals surface area contributed by atoms with Gasteiger partial charge in [-0.3, -0.25) is 9.89 Å².